The second kappa shape index (κ2) is 17.4. The van der Waals surface area contributed by atoms with E-state index in [1.54, 1.807) is 4.90 Å². The van der Waals surface area contributed by atoms with Crippen LogP contribution in [-0.4, -0.2) is 106 Å². The average Bonchev–Trinajstić information content (AvgIpc) is 4.10. The number of amides is 4. The number of aromatic amines is 2. The molecule has 3 aliphatic rings. The van der Waals surface area contributed by atoms with Gasteiger partial charge in [-0.25, -0.2) is 19.6 Å². The number of methoxy groups -OCH3 is 3. The fourth-order valence-corrected chi connectivity index (χ4v) is 9.45. The second-order valence-electron chi connectivity index (χ2n) is 16.2. The number of H-pyrrole nitrogens is 2. The van der Waals surface area contributed by atoms with Gasteiger partial charge in [0, 0.05) is 30.1 Å². The number of ether oxygens (including phenoxy) is 4. The zero-order chi connectivity index (χ0) is 42.9. The number of carbonyl (C=O) groups excluding carboxylic acids is 4. The van der Waals surface area contributed by atoms with Crippen LogP contribution in [0, 0.1) is 0 Å². The predicted octanol–water partition coefficient (Wildman–Crippen LogP) is 7.06. The van der Waals surface area contributed by atoms with Gasteiger partial charge in [0.2, 0.25) is 11.8 Å². The number of aromatic nitrogens is 4. The molecule has 4 amide bonds. The van der Waals surface area contributed by atoms with E-state index < -0.39 is 24.3 Å². The summed E-state index contributed by atoms with van der Waals surface area (Å²) < 4.78 is 21.3. The Morgan fingerprint density at radius 1 is 0.852 bits per heavy atom. The number of nitrogens with one attached hydrogen (secondary N) is 4. The molecule has 0 saturated carbocycles. The van der Waals surface area contributed by atoms with Crippen LogP contribution >= 0.6 is 0 Å². The Kier molecular flexibility index (Phi) is 11.9. The first-order chi connectivity index (χ1) is 29.6. The Bertz CT molecular complexity index is 2460. The number of rotatable bonds is 12. The highest BCUT2D eigenvalue weighted by atomic mass is 16.5. The number of hydrogen-bond acceptors (Lipinski definition) is 10. The maximum atomic E-state index is 13.9. The van der Waals surface area contributed by atoms with Crippen LogP contribution in [0.3, 0.4) is 0 Å². The van der Waals surface area contributed by atoms with E-state index in [2.05, 4.69) is 63.9 Å². The summed E-state index contributed by atoms with van der Waals surface area (Å²) in [4.78, 5) is 72.5. The molecule has 4 N–H and O–H groups in total. The molecule has 6 unspecified atom stereocenters. The lowest BCUT2D eigenvalue weighted by Crippen LogP contribution is -2.52. The number of hydrogen-bond donors (Lipinski definition) is 4. The number of carbonyl (C=O) groups is 4. The van der Waals surface area contributed by atoms with Gasteiger partial charge in [-0.3, -0.25) is 9.59 Å². The van der Waals surface area contributed by atoms with Crippen molar-refractivity contribution in [1.82, 2.24) is 40.4 Å². The average molecular weight is 835 g/mol. The zero-order valence-electron chi connectivity index (χ0n) is 35.5. The van der Waals surface area contributed by atoms with Crippen LogP contribution < -0.4 is 15.4 Å². The van der Waals surface area contributed by atoms with Gasteiger partial charge in [0.1, 0.15) is 36.1 Å². The minimum Gasteiger partial charge on any atom is -0.488 e. The molecule has 5 heterocycles. The van der Waals surface area contributed by atoms with Crippen LogP contribution in [0.5, 0.6) is 5.75 Å². The van der Waals surface area contributed by atoms with Crippen LogP contribution in [-0.2, 0) is 30.4 Å². The van der Waals surface area contributed by atoms with Crippen molar-refractivity contribution in [2.24, 2.45) is 0 Å². The van der Waals surface area contributed by atoms with E-state index in [0.29, 0.717) is 25.3 Å². The van der Waals surface area contributed by atoms with E-state index in [-0.39, 0.29) is 42.6 Å². The predicted molar refractivity (Wildman–Crippen MR) is 228 cm³/mol. The molecule has 2 saturated heterocycles. The van der Waals surface area contributed by atoms with Crippen molar-refractivity contribution in [3.63, 3.8) is 0 Å². The first kappa shape index (κ1) is 41.6. The highest BCUT2D eigenvalue weighted by Crippen LogP contribution is 2.44. The molecular formula is C45H54N8O8. The molecule has 0 aliphatic carbocycles. The maximum Gasteiger partial charge on any atom is 0.407 e. The fraction of sp³-hybridized carbons (Fsp3) is 0.467. The Labute approximate surface area is 354 Å². The smallest absolute Gasteiger partial charge is 0.407 e. The third-order valence-corrected chi connectivity index (χ3v) is 12.5. The summed E-state index contributed by atoms with van der Waals surface area (Å²) in [5, 5.41) is 7.27. The zero-order valence-corrected chi connectivity index (χ0v) is 35.5. The van der Waals surface area contributed by atoms with Crippen LogP contribution in [0.4, 0.5) is 9.59 Å². The van der Waals surface area contributed by atoms with E-state index in [9.17, 15) is 19.2 Å². The topological polar surface area (TPSA) is 193 Å². The van der Waals surface area contributed by atoms with Crippen LogP contribution in [0.15, 0.2) is 48.7 Å². The van der Waals surface area contributed by atoms with E-state index in [4.69, 9.17) is 28.9 Å². The SMILES string of the molecule is CCCC1CCC(c2ncc(-c3ccc4c(c3)COc3cc5c(ccc6[nH]c(C7CCC(C)N7C(=O)C(COC)NC(=O)OC)nc65)cc3-4)[nH]2)N1C(=O)C(CC)NC(=O)OC. The molecule has 0 bridgehead atoms. The van der Waals surface area contributed by atoms with Gasteiger partial charge >= 0.3 is 12.2 Å². The first-order valence-corrected chi connectivity index (χ1v) is 21.2. The molecular weight excluding hydrogens is 781 g/mol. The van der Waals surface area contributed by atoms with Gasteiger partial charge in [0.25, 0.3) is 0 Å². The van der Waals surface area contributed by atoms with Gasteiger partial charge in [-0.2, -0.15) is 0 Å². The Hall–Kier alpha value is -6.16. The summed E-state index contributed by atoms with van der Waals surface area (Å²) in [6.07, 6.45) is 5.89. The van der Waals surface area contributed by atoms with Crippen molar-refractivity contribution in [3.8, 4) is 28.1 Å². The summed E-state index contributed by atoms with van der Waals surface area (Å²) in [5.74, 6) is 1.79. The van der Waals surface area contributed by atoms with E-state index in [0.717, 1.165) is 93.4 Å². The summed E-state index contributed by atoms with van der Waals surface area (Å²) >= 11 is 0. The number of imidazole rings is 2. The Morgan fingerprint density at radius 3 is 2.33 bits per heavy atom. The van der Waals surface area contributed by atoms with Crippen LogP contribution in [0.25, 0.3) is 44.2 Å². The molecule has 2 aromatic heterocycles. The molecule has 61 heavy (non-hydrogen) atoms. The Morgan fingerprint density at radius 2 is 1.59 bits per heavy atom. The Balaban J connectivity index is 1.05. The van der Waals surface area contributed by atoms with E-state index in [1.165, 1.54) is 21.3 Å². The number of likely N-dealkylation sites (tertiary alicyclic amines) is 2. The molecule has 2 fully saturated rings. The molecule has 0 spiro atoms. The van der Waals surface area contributed by atoms with Crippen molar-refractivity contribution in [3.05, 3.63) is 65.9 Å². The van der Waals surface area contributed by atoms with Crippen molar-refractivity contribution >= 4 is 45.8 Å². The molecule has 16 nitrogen and oxygen atoms in total. The normalized spacial score (nSPS) is 20.5. The molecule has 0 radical (unpaired) electrons. The fourth-order valence-electron chi connectivity index (χ4n) is 9.45. The van der Waals surface area contributed by atoms with E-state index in [1.807, 2.05) is 31.0 Å². The van der Waals surface area contributed by atoms with Gasteiger partial charge in [0.05, 0.1) is 55.8 Å². The molecule has 322 valence electrons. The van der Waals surface area contributed by atoms with Gasteiger partial charge in [-0.15, -0.1) is 0 Å². The summed E-state index contributed by atoms with van der Waals surface area (Å²) in [5.41, 5.74) is 6.54. The summed E-state index contributed by atoms with van der Waals surface area (Å²) in [6, 6.07) is 12.5. The molecule has 8 rings (SSSR count). The highest BCUT2D eigenvalue weighted by Gasteiger charge is 2.42. The minimum absolute atomic E-state index is 0.00982. The minimum atomic E-state index is -0.901. The summed E-state index contributed by atoms with van der Waals surface area (Å²) in [6.45, 7) is 6.38. The standard InChI is InChI=1S/C45H54N8O8/c1-7-9-28-13-17-36(53(28)42(54)32(8-2)49-44(56)59-5)40-46-21-34(48-40)26-11-14-29-27(18-26)22-61-38-20-30-25(19-31(29)38)12-15-33-39(30)51-41(47-33)37-16-10-24(3)52(37)43(55)35(23-58-4)50-45(57)60-6/h11-12,14-15,18-21,24,28,32,35-37H,7-10,13,16-17,22-23H2,1-6H3,(H,46,48)(H,47,51)(H,49,56)(H,50,57). The summed E-state index contributed by atoms with van der Waals surface area (Å²) in [7, 11) is 4.04. The molecule has 3 aliphatic heterocycles. The van der Waals surface area contributed by atoms with Gasteiger partial charge in [-0.1, -0.05) is 38.5 Å². The quantitative estimate of drug-likeness (QED) is 0.101. The van der Waals surface area contributed by atoms with Crippen LogP contribution in [0.2, 0.25) is 0 Å². The number of nitrogens with zero attached hydrogens (tertiary/aromatic N) is 4. The first-order valence-electron chi connectivity index (χ1n) is 21.2. The second-order valence-corrected chi connectivity index (χ2v) is 16.2. The van der Waals surface area contributed by atoms with Crippen molar-refractivity contribution in [1.29, 1.82) is 0 Å². The van der Waals surface area contributed by atoms with E-state index >= 15 is 0 Å². The van der Waals surface area contributed by atoms with Gasteiger partial charge in [-0.05, 0) is 91.8 Å². The lowest BCUT2D eigenvalue weighted by Gasteiger charge is -2.32. The number of alkyl carbamates (subject to hydrolysis) is 2. The van der Waals surface area contributed by atoms with Gasteiger partial charge in [0.15, 0.2) is 0 Å². The molecule has 5 aromatic rings. The highest BCUT2D eigenvalue weighted by molar-refractivity contribution is 6.07. The van der Waals surface area contributed by atoms with Gasteiger partial charge < -0.3 is 49.3 Å². The largest absolute Gasteiger partial charge is 0.488 e. The molecule has 3 aromatic carbocycles. The number of fused-ring (bicyclic) bond motifs is 6. The monoisotopic (exact) mass is 834 g/mol. The number of benzene rings is 3. The molecule has 6 atom stereocenters. The van der Waals surface area contributed by atoms with Crippen LogP contribution in [0.1, 0.15) is 95.0 Å². The van der Waals surface area contributed by atoms with Crippen molar-refractivity contribution in [2.75, 3.05) is 27.9 Å². The maximum absolute atomic E-state index is 13.9. The van der Waals surface area contributed by atoms with Crippen molar-refractivity contribution < 1.29 is 38.1 Å². The lowest BCUT2D eigenvalue weighted by atomic mass is 9.92. The third kappa shape index (κ3) is 7.84. The lowest BCUT2D eigenvalue weighted by molar-refractivity contribution is -0.138. The molecule has 16 heteroatoms. The third-order valence-electron chi connectivity index (χ3n) is 12.5. The van der Waals surface area contributed by atoms with Crippen molar-refractivity contribution in [2.45, 2.75) is 109 Å².